The maximum Gasteiger partial charge on any atom is 0.471 e. The molecule has 55 heavy (non-hydrogen) atoms. The number of hydrogen-bond donors (Lipinski definition) is 1. The first-order chi connectivity index (χ1) is 26.2. The van der Waals surface area contributed by atoms with Crippen LogP contribution < -0.4 is 14.4 Å². The molecule has 1 N–H and O–H groups in total. The van der Waals surface area contributed by atoms with E-state index in [9.17, 15) is 27.6 Å². The number of carbonyl (C=O) groups is 3. The highest BCUT2D eigenvalue weighted by atomic mass is 35.5. The van der Waals surface area contributed by atoms with Crippen LogP contribution in [0.25, 0.3) is 0 Å². The van der Waals surface area contributed by atoms with Crippen molar-refractivity contribution < 1.29 is 46.9 Å². The number of halogens is 4. The Morgan fingerprint density at radius 1 is 1.07 bits per heavy atom. The lowest BCUT2D eigenvalue weighted by atomic mass is 9.59. The van der Waals surface area contributed by atoms with Crippen molar-refractivity contribution in [3.05, 3.63) is 82.1 Å². The number of carboxylic acid groups (broad SMARTS) is 1. The number of fused-ring (bicyclic) bond motifs is 3. The fourth-order valence-corrected chi connectivity index (χ4v) is 9.53. The molecular formula is C42H48ClF3N2O7. The van der Waals surface area contributed by atoms with Crippen molar-refractivity contribution in [2.24, 2.45) is 11.8 Å². The zero-order chi connectivity index (χ0) is 39.5. The first-order valence-corrected chi connectivity index (χ1v) is 19.4. The molecule has 3 aliphatic rings. The molecule has 0 radical (unpaired) electrons. The maximum atomic E-state index is 14.4. The van der Waals surface area contributed by atoms with E-state index in [1.807, 2.05) is 24.3 Å². The summed E-state index contributed by atoms with van der Waals surface area (Å²) in [6, 6.07) is 13.3. The van der Waals surface area contributed by atoms with Gasteiger partial charge in [-0.05, 0) is 135 Å². The van der Waals surface area contributed by atoms with Crippen LogP contribution in [0.3, 0.4) is 0 Å². The minimum Gasteiger partial charge on any atom is -0.494 e. The van der Waals surface area contributed by atoms with Gasteiger partial charge in [0.15, 0.2) is 0 Å². The van der Waals surface area contributed by atoms with Gasteiger partial charge in [0.25, 0.3) is 0 Å². The summed E-state index contributed by atoms with van der Waals surface area (Å²) in [4.78, 5) is 43.4. The van der Waals surface area contributed by atoms with Crippen LogP contribution >= 0.6 is 11.6 Å². The van der Waals surface area contributed by atoms with Crippen LogP contribution in [0.5, 0.6) is 11.5 Å². The van der Waals surface area contributed by atoms with E-state index in [1.165, 1.54) is 29.8 Å². The number of carboxylic acids is 1. The van der Waals surface area contributed by atoms with Crippen LogP contribution in [0.2, 0.25) is 5.02 Å². The van der Waals surface area contributed by atoms with E-state index in [4.69, 9.17) is 30.9 Å². The van der Waals surface area contributed by atoms with E-state index in [0.717, 1.165) is 55.4 Å². The molecule has 2 aromatic carbocycles. The van der Waals surface area contributed by atoms with E-state index in [2.05, 4.69) is 18.8 Å². The summed E-state index contributed by atoms with van der Waals surface area (Å²) in [5, 5.41) is 9.20. The number of amides is 1. The predicted octanol–water partition coefficient (Wildman–Crippen LogP) is 9.02. The van der Waals surface area contributed by atoms with Crippen LogP contribution in [0.4, 0.5) is 18.9 Å². The Bertz CT molecular complexity index is 1890. The summed E-state index contributed by atoms with van der Waals surface area (Å²) in [6.07, 6.45) is 1.72. The summed E-state index contributed by atoms with van der Waals surface area (Å²) in [5.74, 6) is -2.12. The van der Waals surface area contributed by atoms with Crippen molar-refractivity contribution in [3.63, 3.8) is 0 Å². The minimum absolute atomic E-state index is 0.0298. The first-order valence-electron chi connectivity index (χ1n) is 19.0. The largest absolute Gasteiger partial charge is 0.494 e. The smallest absolute Gasteiger partial charge is 0.471 e. The van der Waals surface area contributed by atoms with E-state index in [0.29, 0.717) is 36.0 Å². The number of esters is 1. The predicted molar refractivity (Wildman–Crippen MR) is 201 cm³/mol. The zero-order valence-electron chi connectivity index (χ0n) is 31.4. The Kier molecular flexibility index (Phi) is 12.0. The number of anilines is 1. The number of alkyl halides is 3. The molecule has 1 amide bonds. The van der Waals surface area contributed by atoms with Crippen LogP contribution in [0.15, 0.2) is 54.7 Å². The van der Waals surface area contributed by atoms with Gasteiger partial charge in [-0.3, -0.25) is 19.5 Å². The van der Waals surface area contributed by atoms with Gasteiger partial charge >= 0.3 is 24.0 Å². The second-order valence-electron chi connectivity index (χ2n) is 15.5. The lowest BCUT2D eigenvalue weighted by Crippen LogP contribution is -2.63. The Morgan fingerprint density at radius 3 is 2.53 bits per heavy atom. The number of aromatic nitrogens is 1. The summed E-state index contributed by atoms with van der Waals surface area (Å²) >= 11 is 6.22. The zero-order valence-corrected chi connectivity index (χ0v) is 32.2. The van der Waals surface area contributed by atoms with Crippen LogP contribution in [0.1, 0.15) is 99.9 Å². The van der Waals surface area contributed by atoms with Gasteiger partial charge in [-0.15, -0.1) is 0 Å². The van der Waals surface area contributed by atoms with Crippen LogP contribution in [-0.4, -0.2) is 60.0 Å². The third-order valence-corrected chi connectivity index (χ3v) is 12.2. The Balaban J connectivity index is 1.32. The number of aryl methyl sites for hydroxylation is 1. The second kappa shape index (κ2) is 16.4. The van der Waals surface area contributed by atoms with Crippen molar-refractivity contribution >= 4 is 35.1 Å². The summed E-state index contributed by atoms with van der Waals surface area (Å²) in [6.45, 7) is 4.99. The van der Waals surface area contributed by atoms with Gasteiger partial charge in [-0.2, -0.15) is 13.2 Å². The maximum absolute atomic E-state index is 14.4. The van der Waals surface area contributed by atoms with Crippen molar-refractivity contribution in [1.82, 2.24) is 4.98 Å². The number of hydrogen-bond acceptors (Lipinski definition) is 7. The third-order valence-electron chi connectivity index (χ3n) is 11.9. The number of rotatable bonds is 13. The highest BCUT2D eigenvalue weighted by Crippen LogP contribution is 2.58. The average molecular weight is 785 g/mol. The molecule has 1 spiro atoms. The van der Waals surface area contributed by atoms with E-state index < -0.39 is 35.0 Å². The number of nitrogens with zero attached hydrogens (tertiary/aromatic N) is 2. The second-order valence-corrected chi connectivity index (χ2v) is 15.9. The SMILES string of the molecule is COC(=O)C1(N(C(=O)C(F)(F)F)c2cccc(Cl)c2)CCC2(CC1)c1cc(OCCCC(=O)O)ccc1C[C@@H]2C[C@@H](C)COc1ccnc2c1[C@H](C)CCC2. The first kappa shape index (κ1) is 40.3. The van der Waals surface area contributed by atoms with Crippen LogP contribution in [-0.2, 0) is 37.4 Å². The molecule has 0 saturated heterocycles. The number of aliphatic carboxylic acids is 1. The quantitative estimate of drug-likeness (QED) is 0.135. The summed E-state index contributed by atoms with van der Waals surface area (Å²) < 4.78 is 60.8. The molecule has 1 fully saturated rings. The van der Waals surface area contributed by atoms with E-state index >= 15 is 0 Å². The Morgan fingerprint density at radius 2 is 1.84 bits per heavy atom. The van der Waals surface area contributed by atoms with Gasteiger partial charge in [0.2, 0.25) is 0 Å². The molecule has 3 atom stereocenters. The Labute approximate surface area is 324 Å². The normalized spacial score (nSPS) is 23.7. The van der Waals surface area contributed by atoms with Gasteiger partial charge < -0.3 is 19.3 Å². The summed E-state index contributed by atoms with van der Waals surface area (Å²) in [7, 11) is 1.12. The highest BCUT2D eigenvalue weighted by Gasteiger charge is 2.60. The fraction of sp³-hybridized carbons (Fsp3) is 0.524. The number of methoxy groups -OCH3 is 1. The lowest BCUT2D eigenvalue weighted by Gasteiger charge is -2.51. The number of pyridine rings is 1. The molecule has 1 saturated carbocycles. The van der Waals surface area contributed by atoms with Crippen molar-refractivity contribution in [2.75, 3.05) is 25.2 Å². The van der Waals surface area contributed by atoms with E-state index in [1.54, 1.807) is 6.20 Å². The standard InChI is InChI=1S/C42H48ClF3N2O7/c1-26(25-55-35-14-19-47-34-10-4-7-27(2)37(34)35)21-29-22-28-12-13-32(54-20-6-11-36(49)50)24-33(28)40(29)15-17-41(18-16-40,39(52)53-3)48(38(51)42(44,45)46)31-9-5-8-30(43)23-31/h5,8-9,12-14,19,23-24,26-27,29H,4,6-7,10-11,15-18,20-22,25H2,1-3H3,(H,49,50)/t26-,27-,29+,40?,41?/m1/s1. The van der Waals surface area contributed by atoms with Gasteiger partial charge in [0.1, 0.15) is 17.0 Å². The number of benzene rings is 2. The molecule has 3 aliphatic carbocycles. The molecule has 0 bridgehead atoms. The van der Waals surface area contributed by atoms with Gasteiger partial charge in [-0.1, -0.05) is 37.6 Å². The van der Waals surface area contributed by atoms with Crippen molar-refractivity contribution in [3.8, 4) is 11.5 Å². The molecule has 9 nitrogen and oxygen atoms in total. The molecule has 0 aliphatic heterocycles. The van der Waals surface area contributed by atoms with Crippen LogP contribution in [0, 0.1) is 11.8 Å². The van der Waals surface area contributed by atoms with Gasteiger partial charge in [0, 0.05) is 34.6 Å². The summed E-state index contributed by atoms with van der Waals surface area (Å²) in [5.41, 5.74) is 1.65. The van der Waals surface area contributed by atoms with Crippen molar-refractivity contribution in [2.45, 2.75) is 108 Å². The molecule has 6 rings (SSSR count). The molecule has 1 heterocycles. The highest BCUT2D eigenvalue weighted by molar-refractivity contribution is 6.31. The third kappa shape index (κ3) is 8.30. The number of carbonyl (C=O) groups excluding carboxylic acids is 2. The van der Waals surface area contributed by atoms with E-state index in [-0.39, 0.29) is 61.3 Å². The monoisotopic (exact) mass is 784 g/mol. The molecular weight excluding hydrogens is 737 g/mol. The Hall–Kier alpha value is -4.32. The molecule has 1 aromatic heterocycles. The van der Waals surface area contributed by atoms with Gasteiger partial charge in [0.05, 0.1) is 20.3 Å². The topological polar surface area (TPSA) is 115 Å². The lowest BCUT2D eigenvalue weighted by molar-refractivity contribution is -0.174. The molecule has 296 valence electrons. The molecule has 3 aromatic rings. The minimum atomic E-state index is -5.28. The average Bonchev–Trinajstić information content (AvgIpc) is 3.43. The molecule has 0 unspecified atom stereocenters. The fourth-order valence-electron chi connectivity index (χ4n) is 9.34. The molecule has 13 heteroatoms. The van der Waals surface area contributed by atoms with Crippen molar-refractivity contribution in [1.29, 1.82) is 0 Å². The van der Waals surface area contributed by atoms with Gasteiger partial charge in [-0.25, -0.2) is 4.79 Å². The number of ether oxygens (including phenoxy) is 3.